The van der Waals surface area contributed by atoms with E-state index in [9.17, 15) is 0 Å². The predicted molar refractivity (Wildman–Crippen MR) is 103 cm³/mol. The van der Waals surface area contributed by atoms with Crippen molar-refractivity contribution in [2.75, 3.05) is 0 Å². The molecule has 126 valence electrons. The highest BCUT2D eigenvalue weighted by atomic mass is 32.2. The van der Waals surface area contributed by atoms with Gasteiger partial charge in [0.05, 0.1) is 5.37 Å². The molecule has 0 aliphatic heterocycles. The second-order valence-electron chi connectivity index (χ2n) is 5.77. The standard InChI is InChI=1S/C17H36N2S2/c1-2-3-4-5-6-7-8-9-10-11-12-13-14-15-16-17(18)21-19-20/h9-10,17,19-20H,2-8,11-16,18H2,1H3/b10-9-. The lowest BCUT2D eigenvalue weighted by Crippen LogP contribution is -2.17. The third-order valence-corrected chi connectivity index (χ3v) is 4.66. The molecule has 0 spiro atoms. The fraction of sp³-hybridized carbons (Fsp3) is 0.882. The molecule has 0 amide bonds. The van der Waals surface area contributed by atoms with E-state index < -0.39 is 0 Å². The Bertz CT molecular complexity index is 223. The average Bonchev–Trinajstić information content (AvgIpc) is 2.48. The SMILES string of the molecule is CCCCCCCC/C=C\CCCCCCC(N)SNS. The third-order valence-electron chi connectivity index (χ3n) is 3.70. The first-order chi connectivity index (χ1) is 10.3. The fourth-order valence-corrected chi connectivity index (χ4v) is 3.19. The fourth-order valence-electron chi connectivity index (χ4n) is 2.37. The molecule has 0 fully saturated rings. The highest BCUT2D eigenvalue weighted by molar-refractivity contribution is 8.06. The molecular formula is C17H36N2S2. The van der Waals surface area contributed by atoms with E-state index in [0.29, 0.717) is 0 Å². The summed E-state index contributed by atoms with van der Waals surface area (Å²) in [7, 11) is 0. The number of nitrogens with one attached hydrogen (secondary N) is 1. The van der Waals surface area contributed by atoms with Crippen LogP contribution in [0.25, 0.3) is 0 Å². The number of unbranched alkanes of at least 4 members (excludes halogenated alkanes) is 10. The smallest absolute Gasteiger partial charge is 0.0662 e. The molecule has 1 unspecified atom stereocenters. The number of thiol groups is 1. The van der Waals surface area contributed by atoms with Gasteiger partial charge in [0.25, 0.3) is 0 Å². The van der Waals surface area contributed by atoms with Crippen molar-refractivity contribution in [3.8, 4) is 0 Å². The van der Waals surface area contributed by atoms with Gasteiger partial charge in [0, 0.05) is 0 Å². The molecule has 0 aliphatic carbocycles. The molecule has 0 aromatic rings. The van der Waals surface area contributed by atoms with E-state index in [-0.39, 0.29) is 5.37 Å². The summed E-state index contributed by atoms with van der Waals surface area (Å²) >= 11 is 5.43. The van der Waals surface area contributed by atoms with Crippen LogP contribution < -0.4 is 9.86 Å². The highest BCUT2D eigenvalue weighted by Gasteiger charge is 2.00. The average molecular weight is 333 g/mol. The van der Waals surface area contributed by atoms with E-state index >= 15 is 0 Å². The lowest BCUT2D eigenvalue weighted by atomic mass is 10.1. The molecule has 0 radical (unpaired) electrons. The molecule has 21 heavy (non-hydrogen) atoms. The van der Waals surface area contributed by atoms with Crippen molar-refractivity contribution in [3.63, 3.8) is 0 Å². The van der Waals surface area contributed by atoms with Crippen LogP contribution in [0.1, 0.15) is 90.4 Å². The van der Waals surface area contributed by atoms with E-state index in [1.54, 1.807) is 0 Å². The summed E-state index contributed by atoms with van der Waals surface area (Å²) in [5.74, 6) is 0. The second-order valence-corrected chi connectivity index (χ2v) is 7.34. The molecule has 3 N–H and O–H groups in total. The molecule has 0 bridgehead atoms. The Hall–Kier alpha value is 0.360. The quantitative estimate of drug-likeness (QED) is 0.107. The molecule has 0 heterocycles. The number of rotatable bonds is 16. The summed E-state index contributed by atoms with van der Waals surface area (Å²) in [6.45, 7) is 2.27. The zero-order valence-electron chi connectivity index (χ0n) is 13.9. The summed E-state index contributed by atoms with van der Waals surface area (Å²) in [5, 5.41) is 0.180. The first-order valence-electron chi connectivity index (χ1n) is 8.76. The van der Waals surface area contributed by atoms with Gasteiger partial charge in [-0.25, -0.2) is 4.13 Å². The van der Waals surface area contributed by atoms with Gasteiger partial charge in [-0.05, 0) is 32.1 Å². The van der Waals surface area contributed by atoms with Crippen LogP contribution in [0.15, 0.2) is 12.2 Å². The Balaban J connectivity index is 3.11. The van der Waals surface area contributed by atoms with Gasteiger partial charge in [-0.1, -0.05) is 95.2 Å². The van der Waals surface area contributed by atoms with Gasteiger partial charge in [0.15, 0.2) is 0 Å². The lowest BCUT2D eigenvalue weighted by molar-refractivity contribution is 0.606. The lowest BCUT2D eigenvalue weighted by Gasteiger charge is -2.08. The summed E-state index contributed by atoms with van der Waals surface area (Å²) in [6, 6.07) is 0. The van der Waals surface area contributed by atoms with Crippen LogP contribution >= 0.6 is 24.8 Å². The first kappa shape index (κ1) is 21.4. The van der Waals surface area contributed by atoms with Crippen molar-refractivity contribution < 1.29 is 0 Å². The molecule has 4 heteroatoms. The number of hydrogen-bond donors (Lipinski definition) is 3. The van der Waals surface area contributed by atoms with Crippen LogP contribution in [0.4, 0.5) is 0 Å². The van der Waals surface area contributed by atoms with Crippen molar-refractivity contribution >= 4 is 24.8 Å². The van der Waals surface area contributed by atoms with Crippen LogP contribution in [0, 0.1) is 0 Å². The predicted octanol–water partition coefficient (Wildman–Crippen LogP) is 6.00. The van der Waals surface area contributed by atoms with E-state index in [0.717, 1.165) is 6.42 Å². The van der Waals surface area contributed by atoms with Crippen LogP contribution in [0.5, 0.6) is 0 Å². The van der Waals surface area contributed by atoms with Gasteiger partial charge in [0.1, 0.15) is 0 Å². The zero-order chi connectivity index (χ0) is 15.6. The summed E-state index contributed by atoms with van der Waals surface area (Å²) in [4.78, 5) is 0. The minimum Gasteiger partial charge on any atom is -0.318 e. The second kappa shape index (κ2) is 18.4. The summed E-state index contributed by atoms with van der Waals surface area (Å²) in [6.07, 6.45) is 21.9. The zero-order valence-corrected chi connectivity index (χ0v) is 15.6. The molecule has 1 atom stereocenters. The maximum Gasteiger partial charge on any atom is 0.0662 e. The molecule has 2 nitrogen and oxygen atoms in total. The first-order valence-corrected chi connectivity index (χ1v) is 10.1. The van der Waals surface area contributed by atoms with Crippen molar-refractivity contribution in [1.82, 2.24) is 4.13 Å². The number of allylic oxidation sites excluding steroid dienone is 2. The molecular weight excluding hydrogens is 296 g/mol. The van der Waals surface area contributed by atoms with E-state index in [2.05, 4.69) is 36.0 Å². The van der Waals surface area contributed by atoms with Crippen molar-refractivity contribution in [2.24, 2.45) is 5.73 Å². The van der Waals surface area contributed by atoms with Gasteiger partial charge in [-0.15, -0.1) is 0 Å². The van der Waals surface area contributed by atoms with Gasteiger partial charge >= 0.3 is 0 Å². The van der Waals surface area contributed by atoms with Crippen LogP contribution in [-0.4, -0.2) is 5.37 Å². The Morgan fingerprint density at radius 1 is 0.905 bits per heavy atom. The maximum absolute atomic E-state index is 5.87. The van der Waals surface area contributed by atoms with Crippen LogP contribution in [-0.2, 0) is 0 Å². The summed E-state index contributed by atoms with van der Waals surface area (Å²) < 4.78 is 2.74. The topological polar surface area (TPSA) is 38.0 Å². The van der Waals surface area contributed by atoms with Gasteiger partial charge in [-0.2, -0.15) is 0 Å². The Labute approximate surface area is 142 Å². The highest BCUT2D eigenvalue weighted by Crippen LogP contribution is 2.12. The normalized spacial score (nSPS) is 13.1. The molecule has 0 aromatic heterocycles. The van der Waals surface area contributed by atoms with Crippen LogP contribution in [0.2, 0.25) is 0 Å². The Morgan fingerprint density at radius 2 is 1.43 bits per heavy atom. The van der Waals surface area contributed by atoms with Gasteiger partial charge in [0.2, 0.25) is 0 Å². The van der Waals surface area contributed by atoms with Gasteiger partial charge in [-0.3, -0.25) is 0 Å². The third kappa shape index (κ3) is 18.3. The molecule has 0 aliphatic rings. The number of nitrogens with two attached hydrogens (primary N) is 1. The molecule has 0 saturated carbocycles. The molecule has 0 rings (SSSR count). The largest absolute Gasteiger partial charge is 0.318 e. The van der Waals surface area contributed by atoms with Crippen LogP contribution in [0.3, 0.4) is 0 Å². The molecule has 0 saturated heterocycles. The Morgan fingerprint density at radius 3 is 2.00 bits per heavy atom. The van der Waals surface area contributed by atoms with Crippen molar-refractivity contribution in [3.05, 3.63) is 12.2 Å². The minimum atomic E-state index is 0.180. The minimum absolute atomic E-state index is 0.180. The summed E-state index contributed by atoms with van der Waals surface area (Å²) in [5.41, 5.74) is 5.87. The Kier molecular flexibility index (Phi) is 18.7. The maximum atomic E-state index is 5.87. The van der Waals surface area contributed by atoms with E-state index in [1.807, 2.05) is 0 Å². The van der Waals surface area contributed by atoms with Crippen molar-refractivity contribution in [1.29, 1.82) is 0 Å². The van der Waals surface area contributed by atoms with E-state index in [4.69, 9.17) is 5.73 Å². The van der Waals surface area contributed by atoms with Gasteiger partial charge < -0.3 is 5.73 Å². The molecule has 0 aromatic carbocycles. The monoisotopic (exact) mass is 332 g/mol. The van der Waals surface area contributed by atoms with Crippen molar-refractivity contribution in [2.45, 2.75) is 95.8 Å². The van der Waals surface area contributed by atoms with E-state index in [1.165, 1.54) is 89.0 Å². The number of hydrogen-bond acceptors (Lipinski definition) is 4.